The fraction of sp³-hybridized carbons (Fsp3) is 0.0638. The van der Waals surface area contributed by atoms with E-state index in [4.69, 9.17) is 0 Å². The smallest absolute Gasteiger partial charge is 0.333 e. The topological polar surface area (TPSA) is 11.4 Å². The van der Waals surface area contributed by atoms with Gasteiger partial charge in [-0.2, -0.15) is 0 Å². The molecule has 0 fully saturated rings. The molecule has 0 saturated carbocycles. The minimum atomic E-state index is -0.164. The summed E-state index contributed by atoms with van der Waals surface area (Å²) in [6.07, 6.45) is 0. The Morgan fingerprint density at radius 3 is 1.94 bits per heavy atom. The number of hydrogen-bond acceptors (Lipinski definition) is 2. The van der Waals surface area contributed by atoms with Crippen molar-refractivity contribution in [3.8, 4) is 5.69 Å². The van der Waals surface area contributed by atoms with Crippen molar-refractivity contribution < 1.29 is 0 Å². The van der Waals surface area contributed by atoms with Crippen LogP contribution in [0.5, 0.6) is 0 Å². The molecule has 3 heterocycles. The van der Waals surface area contributed by atoms with E-state index in [1.165, 1.54) is 77.8 Å². The molecule has 51 heavy (non-hydrogen) atoms. The average Bonchev–Trinajstić information content (AvgIpc) is 3.65. The zero-order chi connectivity index (χ0) is 33.8. The summed E-state index contributed by atoms with van der Waals surface area (Å²) >= 11 is 0. The van der Waals surface area contributed by atoms with E-state index in [1.807, 2.05) is 0 Å². The highest BCUT2D eigenvalue weighted by atomic mass is 15.2. The van der Waals surface area contributed by atoms with E-state index in [0.717, 1.165) is 11.4 Å². The summed E-state index contributed by atoms with van der Waals surface area (Å²) in [5.41, 5.74) is 17.8. The molecule has 0 unspecified atom stereocenters. The first-order valence-corrected chi connectivity index (χ1v) is 17.9. The van der Waals surface area contributed by atoms with E-state index >= 15 is 0 Å². The van der Waals surface area contributed by atoms with Gasteiger partial charge in [0, 0.05) is 50.2 Å². The zero-order valence-electron chi connectivity index (χ0n) is 28.6. The van der Waals surface area contributed by atoms with Gasteiger partial charge in [-0.25, -0.2) is 0 Å². The van der Waals surface area contributed by atoms with Crippen molar-refractivity contribution in [3.63, 3.8) is 0 Å². The number of allylic oxidation sites excluding steroid dienone is 1. The average molecular weight is 652 g/mol. The van der Waals surface area contributed by atoms with Gasteiger partial charge in [0.2, 0.25) is 0 Å². The number of hydrogen-bond donors (Lipinski definition) is 0. The highest BCUT2D eigenvalue weighted by Gasteiger charge is 2.51. The Morgan fingerprint density at radius 2 is 1.20 bits per heavy atom. The Bertz CT molecular complexity index is 2690. The van der Waals surface area contributed by atoms with Gasteiger partial charge in [0.05, 0.1) is 16.7 Å². The quantitative estimate of drug-likeness (QED) is 0.176. The van der Waals surface area contributed by atoms with Gasteiger partial charge < -0.3 is 14.3 Å². The van der Waals surface area contributed by atoms with Gasteiger partial charge in [-0.05, 0) is 82.2 Å². The molecule has 0 saturated heterocycles. The van der Waals surface area contributed by atoms with E-state index in [1.54, 1.807) is 0 Å². The van der Waals surface area contributed by atoms with Gasteiger partial charge in [0.15, 0.2) is 0 Å². The molecule has 2 aliphatic heterocycles. The Labute approximate surface area is 298 Å². The summed E-state index contributed by atoms with van der Waals surface area (Å²) in [5.74, 6) is 0. The summed E-state index contributed by atoms with van der Waals surface area (Å²) in [6.45, 7) is 4.80. The first-order valence-electron chi connectivity index (χ1n) is 17.9. The number of fused-ring (bicyclic) bond motifs is 8. The fourth-order valence-corrected chi connectivity index (χ4v) is 9.53. The number of rotatable bonds is 4. The lowest BCUT2D eigenvalue weighted by molar-refractivity contribution is 0.704. The largest absolute Gasteiger partial charge is 0.376 e. The number of benzene rings is 7. The van der Waals surface area contributed by atoms with Crippen molar-refractivity contribution in [3.05, 3.63) is 187 Å². The van der Waals surface area contributed by atoms with Gasteiger partial charge in [-0.3, -0.25) is 0 Å². The summed E-state index contributed by atoms with van der Waals surface area (Å²) in [7, 11) is 0. The van der Waals surface area contributed by atoms with Crippen LogP contribution in [0.3, 0.4) is 0 Å². The van der Waals surface area contributed by atoms with Crippen LogP contribution in [0.25, 0.3) is 38.8 Å². The molecule has 1 aromatic heterocycles. The minimum absolute atomic E-state index is 0.0189. The normalized spacial score (nSPS) is 14.9. The summed E-state index contributed by atoms with van der Waals surface area (Å²) in [6, 6.07) is 62.5. The third kappa shape index (κ3) is 3.74. The standard InChI is InChI=1S/C47H34BN3/c1-47(2)37-26-14-12-23-34(37)45-43(47)36-25-16-28-41-44(36)48(51(45)33-21-10-5-11-22-33)38-29-30-40(42-35-24-13-15-27-39(35)50(41)46(38)42)49(31-17-6-3-7-18-31)32-19-8-4-9-20-32/h3-30H,1-2H3. The maximum absolute atomic E-state index is 2.66. The first kappa shape index (κ1) is 28.6. The number of anilines is 4. The van der Waals surface area contributed by atoms with Gasteiger partial charge in [0.1, 0.15) is 0 Å². The second kappa shape index (κ2) is 10.4. The summed E-state index contributed by atoms with van der Waals surface area (Å²) < 4.78 is 2.57. The molecular formula is C47H34BN3. The van der Waals surface area contributed by atoms with Crippen LogP contribution in [-0.4, -0.2) is 11.4 Å². The second-order valence-electron chi connectivity index (χ2n) is 14.5. The Morgan fingerprint density at radius 1 is 0.569 bits per heavy atom. The van der Waals surface area contributed by atoms with Gasteiger partial charge in [0.25, 0.3) is 0 Å². The van der Waals surface area contributed by atoms with Crippen molar-refractivity contribution in [1.29, 1.82) is 0 Å². The van der Waals surface area contributed by atoms with Crippen molar-refractivity contribution in [2.45, 2.75) is 19.3 Å². The lowest BCUT2D eigenvalue weighted by Gasteiger charge is -2.43. The maximum atomic E-state index is 2.66. The van der Waals surface area contributed by atoms with Crippen LogP contribution >= 0.6 is 0 Å². The van der Waals surface area contributed by atoms with Crippen LogP contribution in [0, 0.1) is 0 Å². The monoisotopic (exact) mass is 651 g/mol. The lowest BCUT2D eigenvalue weighted by Crippen LogP contribution is -2.62. The van der Waals surface area contributed by atoms with Gasteiger partial charge >= 0.3 is 6.85 Å². The third-order valence-electron chi connectivity index (χ3n) is 11.5. The van der Waals surface area contributed by atoms with Crippen LogP contribution in [0.4, 0.5) is 22.7 Å². The van der Waals surface area contributed by atoms with Crippen molar-refractivity contribution in [2.24, 2.45) is 0 Å². The van der Waals surface area contributed by atoms with E-state index in [9.17, 15) is 0 Å². The van der Waals surface area contributed by atoms with Crippen molar-refractivity contribution in [2.75, 3.05) is 9.71 Å². The molecule has 0 radical (unpaired) electrons. The minimum Gasteiger partial charge on any atom is -0.376 e. The Kier molecular flexibility index (Phi) is 5.82. The molecule has 240 valence electrons. The molecule has 0 spiro atoms. The Balaban J connectivity index is 1.29. The van der Waals surface area contributed by atoms with Crippen LogP contribution in [0.1, 0.15) is 30.5 Å². The molecule has 3 aliphatic rings. The number of aromatic nitrogens is 1. The molecule has 0 amide bonds. The number of para-hydroxylation sites is 4. The molecular weight excluding hydrogens is 617 g/mol. The molecule has 11 rings (SSSR count). The molecule has 7 aromatic carbocycles. The van der Waals surface area contributed by atoms with Crippen LogP contribution in [0.2, 0.25) is 0 Å². The molecule has 8 aromatic rings. The SMILES string of the molecule is CC1(C)C2=C(c3ccccc31)N(c1ccccc1)B1c3c2cccc3-n2c3ccccc3c3c(N(c4ccccc4)c4ccccc4)ccc1c32. The van der Waals surface area contributed by atoms with E-state index in [-0.39, 0.29) is 12.3 Å². The number of nitrogens with zero attached hydrogens (tertiary/aromatic N) is 3. The molecule has 0 bridgehead atoms. The van der Waals surface area contributed by atoms with E-state index in [2.05, 4.69) is 198 Å². The van der Waals surface area contributed by atoms with Crippen LogP contribution < -0.4 is 20.6 Å². The van der Waals surface area contributed by atoms with Gasteiger partial charge in [-0.15, -0.1) is 0 Å². The predicted molar refractivity (Wildman–Crippen MR) is 216 cm³/mol. The fourth-order valence-electron chi connectivity index (χ4n) is 9.53. The van der Waals surface area contributed by atoms with Crippen molar-refractivity contribution in [1.82, 2.24) is 4.57 Å². The summed E-state index contributed by atoms with van der Waals surface area (Å²) in [4.78, 5) is 5.09. The molecule has 4 heteroatoms. The first-order chi connectivity index (χ1) is 25.1. The highest BCUT2D eigenvalue weighted by molar-refractivity contribution is 6.94. The van der Waals surface area contributed by atoms with Gasteiger partial charge in [-0.1, -0.05) is 129 Å². The third-order valence-corrected chi connectivity index (χ3v) is 11.5. The maximum Gasteiger partial charge on any atom is 0.333 e. The molecule has 0 N–H and O–H groups in total. The Hall–Kier alpha value is -6.26. The van der Waals surface area contributed by atoms with Crippen molar-refractivity contribution >= 4 is 73.6 Å². The van der Waals surface area contributed by atoms with Crippen LogP contribution in [-0.2, 0) is 5.41 Å². The molecule has 1 aliphatic carbocycles. The second-order valence-corrected chi connectivity index (χ2v) is 14.5. The molecule has 0 atom stereocenters. The highest BCUT2D eigenvalue weighted by Crippen LogP contribution is 2.55. The predicted octanol–water partition coefficient (Wildman–Crippen LogP) is 10.4. The van der Waals surface area contributed by atoms with Crippen LogP contribution in [0.15, 0.2) is 170 Å². The zero-order valence-corrected chi connectivity index (χ0v) is 28.6. The molecule has 3 nitrogen and oxygen atoms in total. The summed E-state index contributed by atoms with van der Waals surface area (Å²) in [5, 5.41) is 2.53. The lowest BCUT2D eigenvalue weighted by atomic mass is 9.43. The van der Waals surface area contributed by atoms with E-state index in [0.29, 0.717) is 0 Å². The van der Waals surface area contributed by atoms with E-state index < -0.39 is 0 Å².